The minimum Gasteiger partial charge on any atom is -0.214 e. The Morgan fingerprint density at radius 1 is 1.20 bits per heavy atom. The van der Waals surface area contributed by atoms with Crippen molar-refractivity contribution in [1.29, 1.82) is 0 Å². The first-order valence-corrected chi connectivity index (χ1v) is 2.51. The maximum atomic E-state index is 12.0. The van der Waals surface area contributed by atoms with E-state index >= 15 is 0 Å². The summed E-state index contributed by atoms with van der Waals surface area (Å²) in [5.74, 6) is -4.19. The second-order valence-electron chi connectivity index (χ2n) is 1.78. The third kappa shape index (κ3) is 0.666. The quantitative estimate of drug-likeness (QED) is 0.395. The second-order valence-corrected chi connectivity index (χ2v) is 2.31. The van der Waals surface area contributed by atoms with Gasteiger partial charge in [0.25, 0.3) is 11.2 Å². The van der Waals surface area contributed by atoms with Crippen LogP contribution in [0, 0.1) is 0 Å². The van der Waals surface area contributed by atoms with E-state index in [0.717, 1.165) is 0 Å². The lowest BCUT2D eigenvalue weighted by Crippen LogP contribution is -2.01. The molecule has 0 radical (unpaired) electrons. The van der Waals surface area contributed by atoms with Gasteiger partial charge in [-0.2, -0.15) is 17.6 Å². The predicted molar refractivity (Wildman–Crippen MR) is 23.9 cm³/mol. The number of hydrogen-bond donors (Lipinski definition) is 0. The molecular formula is C4ClF5. The molecule has 1 saturated carbocycles. The van der Waals surface area contributed by atoms with Gasteiger partial charge in [0.1, 0.15) is 5.57 Å². The Hall–Kier alpha value is -0.320. The van der Waals surface area contributed by atoms with Crippen LogP contribution >= 0.6 is 11.6 Å². The minimum absolute atomic E-state index is 1.92. The van der Waals surface area contributed by atoms with Crippen molar-refractivity contribution >= 4 is 11.6 Å². The van der Waals surface area contributed by atoms with Gasteiger partial charge in [-0.05, 0) is 0 Å². The molecule has 1 fully saturated rings. The van der Waals surface area contributed by atoms with Crippen LogP contribution in [0.15, 0.2) is 11.7 Å². The first-order valence-electron chi connectivity index (χ1n) is 2.13. The second kappa shape index (κ2) is 1.64. The average molecular weight is 178 g/mol. The van der Waals surface area contributed by atoms with Gasteiger partial charge in [-0.25, -0.2) is 4.39 Å². The zero-order chi connectivity index (χ0) is 8.15. The van der Waals surface area contributed by atoms with E-state index in [1.807, 2.05) is 0 Å². The molecule has 1 rings (SSSR count). The first-order chi connectivity index (χ1) is 4.32. The topological polar surface area (TPSA) is 0 Å². The Morgan fingerprint density at radius 3 is 1.50 bits per heavy atom. The van der Waals surface area contributed by atoms with Crippen LogP contribution in [0.4, 0.5) is 22.0 Å². The van der Waals surface area contributed by atoms with Gasteiger partial charge in [0.2, 0.25) is 0 Å². The van der Waals surface area contributed by atoms with Crippen molar-refractivity contribution in [3.8, 4) is 0 Å². The highest BCUT2D eigenvalue weighted by Gasteiger charge is 2.81. The fourth-order valence-electron chi connectivity index (χ4n) is 0.529. The molecule has 0 N–H and O–H groups in total. The number of allylic oxidation sites excluding steroid dienone is 1. The van der Waals surface area contributed by atoms with E-state index in [0.29, 0.717) is 0 Å². The molecule has 1 aliphatic carbocycles. The monoisotopic (exact) mass is 178 g/mol. The Bertz CT molecular complexity index is 186. The van der Waals surface area contributed by atoms with Gasteiger partial charge in [-0.3, -0.25) is 0 Å². The molecule has 0 aromatic rings. The van der Waals surface area contributed by atoms with Gasteiger partial charge < -0.3 is 0 Å². The van der Waals surface area contributed by atoms with Crippen molar-refractivity contribution in [1.82, 2.24) is 0 Å². The van der Waals surface area contributed by atoms with E-state index in [9.17, 15) is 22.0 Å². The normalized spacial score (nSPS) is 36.0. The number of halogens is 6. The largest absolute Gasteiger partial charge is 0.330 e. The predicted octanol–water partition coefficient (Wildman–Crippen LogP) is 2.69. The first kappa shape index (κ1) is 7.78. The lowest BCUT2D eigenvalue weighted by Gasteiger charge is -1.87. The van der Waals surface area contributed by atoms with Crippen molar-refractivity contribution in [2.24, 2.45) is 0 Å². The van der Waals surface area contributed by atoms with E-state index < -0.39 is 22.7 Å². The molecule has 0 bridgehead atoms. The molecule has 0 spiro atoms. The number of rotatable bonds is 0. The van der Waals surface area contributed by atoms with Crippen LogP contribution in [0.3, 0.4) is 0 Å². The molecule has 58 valence electrons. The van der Waals surface area contributed by atoms with Gasteiger partial charge in [-0.1, -0.05) is 11.6 Å². The molecule has 0 heterocycles. The molecule has 0 saturated heterocycles. The summed E-state index contributed by atoms with van der Waals surface area (Å²) in [4.78, 5) is 0. The van der Waals surface area contributed by atoms with Crippen LogP contribution in [0.1, 0.15) is 0 Å². The molecule has 0 aromatic heterocycles. The van der Waals surface area contributed by atoms with Crippen molar-refractivity contribution in [3.05, 3.63) is 11.7 Å². The van der Waals surface area contributed by atoms with Crippen LogP contribution in [0.25, 0.3) is 0 Å². The third-order valence-electron chi connectivity index (χ3n) is 1.15. The molecule has 0 amide bonds. The van der Waals surface area contributed by atoms with Gasteiger partial charge in [0, 0.05) is 0 Å². The number of hydrogen-bond acceptors (Lipinski definition) is 0. The van der Waals surface area contributed by atoms with Crippen LogP contribution < -0.4 is 0 Å². The van der Waals surface area contributed by atoms with Crippen LogP contribution in [0.5, 0.6) is 0 Å². The Labute approximate surface area is 57.3 Å². The molecule has 1 aliphatic rings. The van der Waals surface area contributed by atoms with Crippen LogP contribution in [-0.2, 0) is 0 Å². The van der Waals surface area contributed by atoms with E-state index in [-0.39, 0.29) is 0 Å². The maximum Gasteiger partial charge on any atom is 0.330 e. The summed E-state index contributed by atoms with van der Waals surface area (Å²) in [6.45, 7) is 0. The van der Waals surface area contributed by atoms with Gasteiger partial charge in [-0.15, -0.1) is 0 Å². The van der Waals surface area contributed by atoms with Crippen molar-refractivity contribution < 1.29 is 22.0 Å². The highest BCUT2D eigenvalue weighted by atomic mass is 35.5. The summed E-state index contributed by atoms with van der Waals surface area (Å²) in [7, 11) is 0. The highest BCUT2D eigenvalue weighted by molar-refractivity contribution is 6.29. The smallest absolute Gasteiger partial charge is 0.214 e. The number of alkyl halides is 4. The van der Waals surface area contributed by atoms with E-state index in [1.54, 1.807) is 0 Å². The summed E-state index contributed by atoms with van der Waals surface area (Å²) >= 11 is 4.34. The van der Waals surface area contributed by atoms with Crippen molar-refractivity contribution in [2.45, 2.75) is 11.1 Å². The zero-order valence-corrected chi connectivity index (χ0v) is 5.02. The summed E-state index contributed by atoms with van der Waals surface area (Å²) in [5.41, 5.74) is -1.92. The fourth-order valence-corrected chi connectivity index (χ4v) is 0.766. The average Bonchev–Trinajstić information content (AvgIpc) is 1.97. The molecule has 0 nitrogen and oxygen atoms in total. The fraction of sp³-hybridized carbons (Fsp3) is 0.500. The summed E-state index contributed by atoms with van der Waals surface area (Å²) < 4.78 is 58.1. The van der Waals surface area contributed by atoms with Gasteiger partial charge >= 0.3 is 5.92 Å². The standard InChI is InChI=1S/C4ClF5/c5-3(8)1(2(6)7)4(3,9)10. The summed E-state index contributed by atoms with van der Waals surface area (Å²) in [6.07, 6.45) is -2.75. The Balaban J connectivity index is 3.04. The van der Waals surface area contributed by atoms with E-state index in [4.69, 9.17) is 0 Å². The van der Waals surface area contributed by atoms with E-state index in [2.05, 4.69) is 11.6 Å². The van der Waals surface area contributed by atoms with E-state index in [1.165, 1.54) is 0 Å². The van der Waals surface area contributed by atoms with Crippen molar-refractivity contribution in [2.75, 3.05) is 0 Å². The van der Waals surface area contributed by atoms with Crippen LogP contribution in [0.2, 0.25) is 0 Å². The lowest BCUT2D eigenvalue weighted by atomic mass is 10.6. The molecule has 1 unspecified atom stereocenters. The Kier molecular flexibility index (Phi) is 1.27. The Morgan fingerprint density at radius 2 is 1.50 bits per heavy atom. The third-order valence-corrected chi connectivity index (χ3v) is 1.58. The molecule has 0 aliphatic heterocycles. The molecule has 6 heteroatoms. The van der Waals surface area contributed by atoms with Gasteiger partial charge in [0.05, 0.1) is 0 Å². The molecular weight excluding hydrogens is 178 g/mol. The van der Waals surface area contributed by atoms with Crippen molar-refractivity contribution in [3.63, 3.8) is 0 Å². The highest BCUT2D eigenvalue weighted by Crippen LogP contribution is 2.65. The minimum atomic E-state index is -4.19. The lowest BCUT2D eigenvalue weighted by molar-refractivity contribution is 0.0795. The SMILES string of the molecule is FC(F)=C1C(F)(F)C1(F)Cl. The zero-order valence-electron chi connectivity index (χ0n) is 4.27. The molecule has 1 atom stereocenters. The molecule has 10 heavy (non-hydrogen) atoms. The molecule has 0 aromatic carbocycles. The van der Waals surface area contributed by atoms with Crippen LogP contribution in [-0.4, -0.2) is 11.1 Å². The summed E-state index contributed by atoms with van der Waals surface area (Å²) in [6, 6.07) is 0. The summed E-state index contributed by atoms with van der Waals surface area (Å²) in [5, 5.41) is -3.65. The maximum absolute atomic E-state index is 12.0. The van der Waals surface area contributed by atoms with Gasteiger partial charge in [0.15, 0.2) is 0 Å².